The minimum absolute atomic E-state index is 0.891. The summed E-state index contributed by atoms with van der Waals surface area (Å²) in [6.45, 7) is 0. The Morgan fingerprint density at radius 1 is 0.696 bits per heavy atom. The number of benzene rings is 2. The molecule has 0 radical (unpaired) electrons. The molecule has 0 bridgehead atoms. The van der Waals surface area contributed by atoms with Gasteiger partial charge >= 0.3 is 0 Å². The number of rotatable bonds is 4. The van der Waals surface area contributed by atoms with Gasteiger partial charge < -0.3 is 14.8 Å². The Hall–Kier alpha value is -2.75. The Balaban J connectivity index is 1.85. The lowest BCUT2D eigenvalue weighted by Crippen LogP contribution is -2.07. The van der Waals surface area contributed by atoms with Crippen molar-refractivity contribution in [3.8, 4) is 22.6 Å². The van der Waals surface area contributed by atoms with Crippen molar-refractivity contribution in [2.75, 3.05) is 38.0 Å². The average Bonchev–Trinajstić information content (AvgIpc) is 3.05. The Morgan fingerprint density at radius 3 is 1.65 bits per heavy atom. The molecule has 4 nitrogen and oxygen atoms in total. The van der Waals surface area contributed by atoms with Crippen LogP contribution >= 0.6 is 0 Å². The lowest BCUT2D eigenvalue weighted by Gasteiger charge is -2.12. The van der Waals surface area contributed by atoms with Crippen LogP contribution in [0.15, 0.2) is 54.7 Å². The first-order chi connectivity index (χ1) is 11.0. The summed E-state index contributed by atoms with van der Waals surface area (Å²) in [7, 11) is 8.16. The standard InChI is InChI=1S/C19H22N4/c1-22(2)16-9-5-14(6-10-16)18-13-20-19(21-18)15-7-11-17(12-8-15)23(3)4/h5-13H,1-4H3,(H,20,21). The number of anilines is 2. The van der Waals surface area contributed by atoms with Gasteiger partial charge in [0, 0.05) is 45.1 Å². The highest BCUT2D eigenvalue weighted by atomic mass is 15.1. The van der Waals surface area contributed by atoms with Gasteiger partial charge in [0.1, 0.15) is 5.82 Å². The minimum atomic E-state index is 0.891. The zero-order chi connectivity index (χ0) is 16.4. The average molecular weight is 306 g/mol. The fourth-order valence-electron chi connectivity index (χ4n) is 2.47. The third-order valence-corrected chi connectivity index (χ3v) is 3.93. The summed E-state index contributed by atoms with van der Waals surface area (Å²) in [6.07, 6.45) is 1.89. The van der Waals surface area contributed by atoms with E-state index in [1.54, 1.807) is 0 Å². The molecule has 1 heterocycles. The molecule has 0 spiro atoms. The highest BCUT2D eigenvalue weighted by molar-refractivity contribution is 5.67. The van der Waals surface area contributed by atoms with Crippen LogP contribution in [-0.2, 0) is 0 Å². The molecule has 1 N–H and O–H groups in total. The monoisotopic (exact) mass is 306 g/mol. The predicted octanol–water partition coefficient (Wildman–Crippen LogP) is 3.88. The molecule has 1 aromatic heterocycles. The molecule has 3 rings (SSSR count). The first-order valence-corrected chi connectivity index (χ1v) is 7.65. The molecule has 3 aromatic rings. The van der Waals surface area contributed by atoms with Crippen LogP contribution in [0.3, 0.4) is 0 Å². The zero-order valence-corrected chi connectivity index (χ0v) is 14.0. The van der Waals surface area contributed by atoms with Gasteiger partial charge in [0.05, 0.1) is 11.9 Å². The molecule has 0 amide bonds. The van der Waals surface area contributed by atoms with E-state index in [0.717, 1.165) is 22.6 Å². The molecule has 0 aliphatic rings. The van der Waals surface area contributed by atoms with Gasteiger partial charge in [-0.2, -0.15) is 0 Å². The molecule has 0 fully saturated rings. The van der Waals surface area contributed by atoms with Crippen LogP contribution in [0.2, 0.25) is 0 Å². The van der Waals surface area contributed by atoms with Crippen LogP contribution in [0.4, 0.5) is 11.4 Å². The van der Waals surface area contributed by atoms with Crippen LogP contribution in [0.25, 0.3) is 22.6 Å². The normalized spacial score (nSPS) is 10.6. The number of nitrogens with zero attached hydrogens (tertiary/aromatic N) is 3. The second-order valence-electron chi connectivity index (χ2n) is 6.03. The van der Waals surface area contributed by atoms with E-state index in [9.17, 15) is 0 Å². The van der Waals surface area contributed by atoms with E-state index in [-0.39, 0.29) is 0 Å². The van der Waals surface area contributed by atoms with Crippen LogP contribution in [0.1, 0.15) is 0 Å². The SMILES string of the molecule is CN(C)c1ccc(-c2cnc(-c3ccc(N(C)C)cc3)[nH]2)cc1. The number of imidazole rings is 1. The lowest BCUT2D eigenvalue weighted by atomic mass is 10.1. The van der Waals surface area contributed by atoms with Crippen LogP contribution in [-0.4, -0.2) is 38.2 Å². The van der Waals surface area contributed by atoms with E-state index in [0.29, 0.717) is 0 Å². The molecule has 23 heavy (non-hydrogen) atoms. The maximum Gasteiger partial charge on any atom is 0.137 e. The number of hydrogen-bond donors (Lipinski definition) is 1. The summed E-state index contributed by atoms with van der Waals surface area (Å²) >= 11 is 0. The van der Waals surface area contributed by atoms with Gasteiger partial charge in [0.2, 0.25) is 0 Å². The van der Waals surface area contributed by atoms with Crippen molar-refractivity contribution in [2.45, 2.75) is 0 Å². The number of hydrogen-bond acceptors (Lipinski definition) is 3. The van der Waals surface area contributed by atoms with Crippen LogP contribution in [0.5, 0.6) is 0 Å². The quantitative estimate of drug-likeness (QED) is 0.794. The van der Waals surface area contributed by atoms with Crippen molar-refractivity contribution in [3.05, 3.63) is 54.7 Å². The molecule has 4 heteroatoms. The number of nitrogens with one attached hydrogen (secondary N) is 1. The highest BCUT2D eigenvalue weighted by Crippen LogP contribution is 2.25. The van der Waals surface area contributed by atoms with E-state index >= 15 is 0 Å². The molecule has 2 aromatic carbocycles. The third kappa shape index (κ3) is 3.21. The molecule has 0 aliphatic carbocycles. The highest BCUT2D eigenvalue weighted by Gasteiger charge is 2.06. The van der Waals surface area contributed by atoms with Gasteiger partial charge in [-0.1, -0.05) is 12.1 Å². The van der Waals surface area contributed by atoms with Gasteiger partial charge in [0.15, 0.2) is 0 Å². The molecular formula is C19H22N4. The summed E-state index contributed by atoms with van der Waals surface area (Å²) < 4.78 is 0. The topological polar surface area (TPSA) is 35.2 Å². The molecule has 0 atom stereocenters. The third-order valence-electron chi connectivity index (χ3n) is 3.93. The summed E-state index contributed by atoms with van der Waals surface area (Å²) in [5.41, 5.74) is 5.63. The van der Waals surface area contributed by atoms with Crippen LogP contribution in [0, 0.1) is 0 Å². The smallest absolute Gasteiger partial charge is 0.137 e. The van der Waals surface area contributed by atoms with Crippen molar-refractivity contribution in [3.63, 3.8) is 0 Å². The van der Waals surface area contributed by atoms with Crippen molar-refractivity contribution in [1.29, 1.82) is 0 Å². The first-order valence-electron chi connectivity index (χ1n) is 7.65. The van der Waals surface area contributed by atoms with Crippen molar-refractivity contribution >= 4 is 11.4 Å². The predicted molar refractivity (Wildman–Crippen MR) is 98.1 cm³/mol. The zero-order valence-electron chi connectivity index (χ0n) is 14.0. The van der Waals surface area contributed by atoms with Crippen molar-refractivity contribution < 1.29 is 0 Å². The first kappa shape index (κ1) is 15.2. The number of H-pyrrole nitrogens is 1. The Bertz CT molecular complexity index is 702. The number of aromatic nitrogens is 2. The Kier molecular flexibility index (Phi) is 4.06. The van der Waals surface area contributed by atoms with E-state index in [4.69, 9.17) is 0 Å². The number of aromatic amines is 1. The Labute approximate surface area is 137 Å². The maximum absolute atomic E-state index is 4.52. The molecule has 118 valence electrons. The molecular weight excluding hydrogens is 284 g/mol. The van der Waals surface area contributed by atoms with Gasteiger partial charge in [-0.05, 0) is 42.0 Å². The molecule has 0 aliphatic heterocycles. The summed E-state index contributed by atoms with van der Waals surface area (Å²) in [6, 6.07) is 16.8. The fraction of sp³-hybridized carbons (Fsp3) is 0.211. The summed E-state index contributed by atoms with van der Waals surface area (Å²) in [5, 5.41) is 0. The van der Waals surface area contributed by atoms with E-state index in [1.165, 1.54) is 11.4 Å². The largest absolute Gasteiger partial charge is 0.378 e. The van der Waals surface area contributed by atoms with Gasteiger partial charge in [-0.15, -0.1) is 0 Å². The second-order valence-corrected chi connectivity index (χ2v) is 6.03. The van der Waals surface area contributed by atoms with Crippen molar-refractivity contribution in [2.24, 2.45) is 0 Å². The molecule has 0 saturated heterocycles. The summed E-state index contributed by atoms with van der Waals surface area (Å²) in [4.78, 5) is 12.1. The Morgan fingerprint density at radius 2 is 1.17 bits per heavy atom. The minimum Gasteiger partial charge on any atom is -0.378 e. The maximum atomic E-state index is 4.52. The van der Waals surface area contributed by atoms with E-state index in [1.807, 2.05) is 34.4 Å². The second kappa shape index (κ2) is 6.16. The van der Waals surface area contributed by atoms with Gasteiger partial charge in [-0.25, -0.2) is 4.98 Å². The van der Waals surface area contributed by atoms with Crippen LogP contribution < -0.4 is 9.80 Å². The van der Waals surface area contributed by atoms with E-state index < -0.39 is 0 Å². The fourth-order valence-corrected chi connectivity index (χ4v) is 2.47. The van der Waals surface area contributed by atoms with Gasteiger partial charge in [-0.3, -0.25) is 0 Å². The van der Waals surface area contributed by atoms with Gasteiger partial charge in [0.25, 0.3) is 0 Å². The van der Waals surface area contributed by atoms with E-state index in [2.05, 4.69) is 68.3 Å². The van der Waals surface area contributed by atoms with Crippen molar-refractivity contribution in [1.82, 2.24) is 9.97 Å². The lowest BCUT2D eigenvalue weighted by molar-refractivity contribution is 1.13. The summed E-state index contributed by atoms with van der Waals surface area (Å²) in [5.74, 6) is 0.891. The molecule has 0 unspecified atom stereocenters. The molecule has 0 saturated carbocycles.